The van der Waals surface area contributed by atoms with Crippen LogP contribution in [0.4, 0.5) is 10.7 Å². The van der Waals surface area contributed by atoms with Gasteiger partial charge < -0.3 is 9.47 Å². The highest BCUT2D eigenvalue weighted by Gasteiger charge is 2.07. The number of nitrogens with zero attached hydrogens (tertiary/aromatic N) is 2. The molecule has 0 aromatic carbocycles. The Morgan fingerprint density at radius 2 is 2.20 bits per heavy atom. The molecule has 1 N–H and O–H groups in total. The molecule has 0 aliphatic rings. The van der Waals surface area contributed by atoms with E-state index in [-0.39, 0.29) is 17.5 Å². The molecule has 0 atom stereocenters. The summed E-state index contributed by atoms with van der Waals surface area (Å²) in [4.78, 5) is 28.8. The standard InChI is InChI=1S/C8H9N3O4/c1-14-6-3-5(4-12)9-7(10-6)11-8(13)15-2/h3-4H,1-2H3,(H,9,10,11,13). The first kappa shape index (κ1) is 10.9. The molecule has 0 bridgehead atoms. The number of hydrogen-bond donors (Lipinski definition) is 1. The minimum Gasteiger partial charge on any atom is -0.481 e. The lowest BCUT2D eigenvalue weighted by Gasteiger charge is -2.04. The van der Waals surface area contributed by atoms with Gasteiger partial charge in [-0.2, -0.15) is 4.98 Å². The SMILES string of the molecule is COC(=O)Nc1nc(C=O)cc(OC)n1. The fourth-order valence-electron chi connectivity index (χ4n) is 0.806. The highest BCUT2D eigenvalue weighted by Crippen LogP contribution is 2.10. The lowest BCUT2D eigenvalue weighted by atomic mass is 10.4. The van der Waals surface area contributed by atoms with E-state index in [1.54, 1.807) is 0 Å². The molecule has 0 radical (unpaired) electrons. The van der Waals surface area contributed by atoms with Crippen molar-refractivity contribution in [2.24, 2.45) is 0 Å². The third-order valence-corrected chi connectivity index (χ3v) is 1.45. The van der Waals surface area contributed by atoms with Gasteiger partial charge in [-0.15, -0.1) is 0 Å². The van der Waals surface area contributed by atoms with E-state index < -0.39 is 6.09 Å². The molecule has 1 heterocycles. The van der Waals surface area contributed by atoms with E-state index in [1.165, 1.54) is 20.3 Å². The van der Waals surface area contributed by atoms with Gasteiger partial charge in [-0.25, -0.2) is 9.78 Å². The van der Waals surface area contributed by atoms with Gasteiger partial charge in [0.1, 0.15) is 5.69 Å². The zero-order valence-electron chi connectivity index (χ0n) is 8.18. The third kappa shape index (κ3) is 2.90. The average molecular weight is 211 g/mol. The van der Waals surface area contributed by atoms with E-state index >= 15 is 0 Å². The number of ether oxygens (including phenoxy) is 2. The van der Waals surface area contributed by atoms with Gasteiger partial charge in [-0.1, -0.05) is 0 Å². The van der Waals surface area contributed by atoms with Gasteiger partial charge in [0.25, 0.3) is 0 Å². The molecule has 1 aromatic heterocycles. The molecular formula is C8H9N3O4. The maximum Gasteiger partial charge on any atom is 0.413 e. The summed E-state index contributed by atoms with van der Waals surface area (Å²) in [6, 6.07) is 1.34. The minimum atomic E-state index is -0.722. The third-order valence-electron chi connectivity index (χ3n) is 1.45. The summed E-state index contributed by atoms with van der Waals surface area (Å²) in [6.07, 6.45) is -0.202. The Balaban J connectivity index is 2.96. The van der Waals surface area contributed by atoms with Crippen molar-refractivity contribution in [3.05, 3.63) is 11.8 Å². The lowest BCUT2D eigenvalue weighted by Crippen LogP contribution is -2.14. The van der Waals surface area contributed by atoms with Crippen LogP contribution in [-0.4, -0.2) is 36.6 Å². The largest absolute Gasteiger partial charge is 0.481 e. The molecule has 0 spiro atoms. The number of aromatic nitrogens is 2. The molecule has 0 aliphatic carbocycles. The fraction of sp³-hybridized carbons (Fsp3) is 0.250. The van der Waals surface area contributed by atoms with Crippen LogP contribution < -0.4 is 10.1 Å². The van der Waals surface area contributed by atoms with Crippen LogP contribution in [0.1, 0.15) is 10.5 Å². The smallest absolute Gasteiger partial charge is 0.413 e. The van der Waals surface area contributed by atoms with Crippen molar-refractivity contribution in [1.82, 2.24) is 9.97 Å². The predicted octanol–water partition coefficient (Wildman–Crippen LogP) is 0.476. The predicted molar refractivity (Wildman–Crippen MR) is 50.0 cm³/mol. The first-order valence-electron chi connectivity index (χ1n) is 3.93. The zero-order chi connectivity index (χ0) is 11.3. The number of methoxy groups -OCH3 is 2. The van der Waals surface area contributed by atoms with Gasteiger partial charge >= 0.3 is 6.09 Å². The molecule has 0 saturated carbocycles. The van der Waals surface area contributed by atoms with Gasteiger partial charge in [0.05, 0.1) is 14.2 Å². The molecular weight excluding hydrogens is 202 g/mol. The molecule has 7 nitrogen and oxygen atoms in total. The molecule has 1 rings (SSSR count). The Hall–Kier alpha value is -2.18. The number of hydrogen-bond acceptors (Lipinski definition) is 6. The quantitative estimate of drug-likeness (QED) is 0.731. The van der Waals surface area contributed by atoms with E-state index in [1.807, 2.05) is 0 Å². The minimum absolute atomic E-state index is 0.0525. The van der Waals surface area contributed by atoms with Crippen molar-refractivity contribution in [2.45, 2.75) is 0 Å². The maximum atomic E-state index is 10.8. The van der Waals surface area contributed by atoms with E-state index in [0.29, 0.717) is 6.29 Å². The van der Waals surface area contributed by atoms with Gasteiger partial charge in [-0.05, 0) is 0 Å². The lowest BCUT2D eigenvalue weighted by molar-refractivity contribution is 0.111. The molecule has 0 unspecified atom stereocenters. The molecule has 7 heteroatoms. The van der Waals surface area contributed by atoms with Gasteiger partial charge in [0, 0.05) is 6.07 Å². The maximum absolute atomic E-state index is 10.8. The van der Waals surface area contributed by atoms with E-state index in [4.69, 9.17) is 4.74 Å². The fourth-order valence-corrected chi connectivity index (χ4v) is 0.806. The Kier molecular flexibility index (Phi) is 3.55. The van der Waals surface area contributed by atoms with Crippen LogP contribution in [0.2, 0.25) is 0 Å². The van der Waals surface area contributed by atoms with Gasteiger partial charge in [0.15, 0.2) is 6.29 Å². The molecule has 15 heavy (non-hydrogen) atoms. The summed E-state index contributed by atoms with van der Waals surface area (Å²) in [5, 5.41) is 2.22. The summed E-state index contributed by atoms with van der Waals surface area (Å²) in [5.41, 5.74) is 0.105. The van der Waals surface area contributed by atoms with Crippen LogP contribution in [-0.2, 0) is 4.74 Å². The Labute approximate surface area is 85.4 Å². The average Bonchev–Trinajstić information content (AvgIpc) is 2.28. The van der Waals surface area contributed by atoms with Crippen LogP contribution >= 0.6 is 0 Å². The van der Waals surface area contributed by atoms with Crippen molar-refractivity contribution in [3.8, 4) is 5.88 Å². The van der Waals surface area contributed by atoms with Crippen LogP contribution in [0.3, 0.4) is 0 Å². The van der Waals surface area contributed by atoms with Crippen LogP contribution in [0.5, 0.6) is 5.88 Å². The Bertz CT molecular complexity index is 380. The number of aldehydes is 1. The van der Waals surface area contributed by atoms with Crippen LogP contribution in [0.25, 0.3) is 0 Å². The molecule has 0 fully saturated rings. The van der Waals surface area contributed by atoms with Crippen molar-refractivity contribution in [3.63, 3.8) is 0 Å². The second-order valence-electron chi connectivity index (χ2n) is 2.39. The Morgan fingerprint density at radius 1 is 1.47 bits per heavy atom. The normalized spacial score (nSPS) is 9.20. The van der Waals surface area contributed by atoms with Gasteiger partial charge in [0.2, 0.25) is 11.8 Å². The van der Waals surface area contributed by atoms with Gasteiger partial charge in [-0.3, -0.25) is 10.1 Å². The number of carbonyl (C=O) groups excluding carboxylic acids is 2. The van der Waals surface area contributed by atoms with Crippen molar-refractivity contribution in [1.29, 1.82) is 0 Å². The monoisotopic (exact) mass is 211 g/mol. The molecule has 1 amide bonds. The first-order chi connectivity index (χ1) is 7.19. The number of anilines is 1. The highest BCUT2D eigenvalue weighted by molar-refractivity contribution is 5.83. The molecule has 80 valence electrons. The van der Waals surface area contributed by atoms with E-state index in [2.05, 4.69) is 20.0 Å². The van der Waals surface area contributed by atoms with E-state index in [0.717, 1.165) is 0 Å². The topological polar surface area (TPSA) is 90.4 Å². The molecule has 1 aromatic rings. The summed E-state index contributed by atoms with van der Waals surface area (Å²) in [6.45, 7) is 0. The second kappa shape index (κ2) is 4.89. The van der Waals surface area contributed by atoms with Crippen LogP contribution in [0, 0.1) is 0 Å². The van der Waals surface area contributed by atoms with Crippen molar-refractivity contribution >= 4 is 18.3 Å². The van der Waals surface area contributed by atoms with E-state index in [9.17, 15) is 9.59 Å². The number of nitrogens with one attached hydrogen (secondary N) is 1. The second-order valence-corrected chi connectivity index (χ2v) is 2.39. The number of carbonyl (C=O) groups is 2. The molecule has 0 aliphatic heterocycles. The number of amides is 1. The summed E-state index contributed by atoms with van der Waals surface area (Å²) < 4.78 is 9.15. The summed E-state index contributed by atoms with van der Waals surface area (Å²) in [7, 11) is 2.59. The van der Waals surface area contributed by atoms with Crippen LogP contribution in [0.15, 0.2) is 6.07 Å². The first-order valence-corrected chi connectivity index (χ1v) is 3.93. The summed E-state index contributed by atoms with van der Waals surface area (Å²) >= 11 is 0. The zero-order valence-corrected chi connectivity index (χ0v) is 8.18. The van der Waals surface area contributed by atoms with Crippen molar-refractivity contribution in [2.75, 3.05) is 19.5 Å². The summed E-state index contributed by atoms with van der Waals surface area (Å²) in [5.74, 6) is 0.127. The number of rotatable bonds is 3. The Morgan fingerprint density at radius 3 is 2.73 bits per heavy atom. The molecule has 0 saturated heterocycles. The van der Waals surface area contributed by atoms with Crippen molar-refractivity contribution < 1.29 is 19.1 Å². The highest BCUT2D eigenvalue weighted by atomic mass is 16.5.